The molecule has 1 spiro atoms. The summed E-state index contributed by atoms with van der Waals surface area (Å²) < 4.78 is 11.3. The van der Waals surface area contributed by atoms with Gasteiger partial charge in [0.2, 0.25) is 0 Å². The molecule has 1 saturated carbocycles. The molecule has 2 atom stereocenters. The number of ketones is 1. The number of rotatable bonds is 3. The molecule has 1 aliphatic heterocycles. The first-order valence-electron chi connectivity index (χ1n) is 7.08. The zero-order chi connectivity index (χ0) is 13.4. The third kappa shape index (κ3) is 2.62. The summed E-state index contributed by atoms with van der Waals surface area (Å²) in [5, 5.41) is 0. The Labute approximate surface area is 110 Å². The summed E-state index contributed by atoms with van der Waals surface area (Å²) >= 11 is 0. The lowest BCUT2D eigenvalue weighted by Gasteiger charge is -2.47. The van der Waals surface area contributed by atoms with E-state index in [2.05, 4.69) is 20.8 Å². The van der Waals surface area contributed by atoms with Crippen molar-refractivity contribution in [2.75, 3.05) is 13.7 Å². The molecular weight excluding hydrogens is 228 g/mol. The molecule has 0 aromatic heterocycles. The van der Waals surface area contributed by atoms with E-state index in [1.165, 1.54) is 6.42 Å². The largest absolute Gasteiger partial charge is 0.375 e. The van der Waals surface area contributed by atoms with Crippen molar-refractivity contribution in [1.82, 2.24) is 0 Å². The van der Waals surface area contributed by atoms with Gasteiger partial charge in [-0.3, -0.25) is 4.79 Å². The first-order valence-corrected chi connectivity index (χ1v) is 7.08. The number of hydrogen-bond acceptors (Lipinski definition) is 3. The second-order valence-corrected chi connectivity index (χ2v) is 6.96. The highest BCUT2D eigenvalue weighted by Crippen LogP contribution is 2.45. The van der Waals surface area contributed by atoms with Gasteiger partial charge in [-0.1, -0.05) is 20.8 Å². The van der Waals surface area contributed by atoms with Crippen LogP contribution in [-0.2, 0) is 14.3 Å². The van der Waals surface area contributed by atoms with Gasteiger partial charge in [0.25, 0.3) is 0 Å². The van der Waals surface area contributed by atoms with E-state index in [0.29, 0.717) is 0 Å². The van der Waals surface area contributed by atoms with Crippen molar-refractivity contribution in [3.63, 3.8) is 0 Å². The van der Waals surface area contributed by atoms with E-state index in [1.807, 2.05) is 0 Å². The summed E-state index contributed by atoms with van der Waals surface area (Å²) in [6, 6.07) is 0. The summed E-state index contributed by atoms with van der Waals surface area (Å²) in [4.78, 5) is 12.6. The van der Waals surface area contributed by atoms with Crippen molar-refractivity contribution in [2.24, 2.45) is 11.3 Å². The number of ether oxygens (including phenoxy) is 2. The molecular formula is C15H26O3. The quantitative estimate of drug-likeness (QED) is 0.776. The number of carbonyl (C=O) groups excluding carboxylic acids is 1. The molecule has 104 valence electrons. The Morgan fingerprint density at radius 1 is 1.39 bits per heavy atom. The van der Waals surface area contributed by atoms with Crippen molar-refractivity contribution in [3.05, 3.63) is 0 Å². The molecule has 3 nitrogen and oxygen atoms in total. The molecule has 0 radical (unpaired) electrons. The van der Waals surface area contributed by atoms with E-state index in [1.54, 1.807) is 7.11 Å². The Hall–Kier alpha value is -0.410. The monoisotopic (exact) mass is 254 g/mol. The maximum atomic E-state index is 12.6. The summed E-state index contributed by atoms with van der Waals surface area (Å²) in [7, 11) is 1.65. The van der Waals surface area contributed by atoms with Crippen LogP contribution < -0.4 is 0 Å². The minimum Gasteiger partial charge on any atom is -0.375 e. The summed E-state index contributed by atoms with van der Waals surface area (Å²) in [5.74, 6) is 0.405. The van der Waals surface area contributed by atoms with Crippen LogP contribution in [0.1, 0.15) is 52.9 Å². The Morgan fingerprint density at radius 2 is 2.06 bits per heavy atom. The van der Waals surface area contributed by atoms with Crippen LogP contribution >= 0.6 is 0 Å². The van der Waals surface area contributed by atoms with Gasteiger partial charge in [-0.05, 0) is 37.5 Å². The van der Waals surface area contributed by atoms with Crippen LogP contribution in [0.2, 0.25) is 0 Å². The van der Waals surface area contributed by atoms with E-state index in [4.69, 9.17) is 9.47 Å². The molecule has 0 bridgehead atoms. The molecule has 2 rings (SSSR count). The van der Waals surface area contributed by atoms with Gasteiger partial charge in [-0.25, -0.2) is 0 Å². The topological polar surface area (TPSA) is 35.5 Å². The first kappa shape index (κ1) is 14.0. The minimum absolute atomic E-state index is 0.0365. The van der Waals surface area contributed by atoms with Gasteiger partial charge in [0.1, 0.15) is 6.10 Å². The molecule has 0 amide bonds. The number of methoxy groups -OCH3 is 1. The van der Waals surface area contributed by atoms with E-state index < -0.39 is 0 Å². The van der Waals surface area contributed by atoms with Crippen LogP contribution in [0.5, 0.6) is 0 Å². The molecule has 0 aromatic rings. The van der Waals surface area contributed by atoms with Crippen LogP contribution in [0.25, 0.3) is 0 Å². The molecule has 2 aliphatic rings. The first-order chi connectivity index (χ1) is 8.38. The van der Waals surface area contributed by atoms with Crippen molar-refractivity contribution < 1.29 is 14.3 Å². The Balaban J connectivity index is 2.03. The van der Waals surface area contributed by atoms with Gasteiger partial charge in [0, 0.05) is 19.6 Å². The Bertz CT molecular complexity index is 312. The average molecular weight is 254 g/mol. The summed E-state index contributed by atoms with van der Waals surface area (Å²) in [5.41, 5.74) is -0.0916. The highest BCUT2D eigenvalue weighted by atomic mass is 16.5. The number of hydrogen-bond donors (Lipinski definition) is 0. The lowest BCUT2D eigenvalue weighted by atomic mass is 9.69. The zero-order valence-electron chi connectivity index (χ0n) is 12.1. The molecule has 3 heteroatoms. The second kappa shape index (κ2) is 4.93. The van der Waals surface area contributed by atoms with Crippen LogP contribution in [0, 0.1) is 11.3 Å². The third-order valence-corrected chi connectivity index (χ3v) is 4.44. The maximum absolute atomic E-state index is 12.6. The van der Waals surface area contributed by atoms with Crippen LogP contribution in [-0.4, -0.2) is 31.2 Å². The Kier molecular flexibility index (Phi) is 3.84. The Morgan fingerprint density at radius 3 is 2.50 bits per heavy atom. The molecule has 0 aromatic carbocycles. The zero-order valence-corrected chi connectivity index (χ0v) is 12.1. The van der Waals surface area contributed by atoms with Gasteiger partial charge in [0.05, 0.1) is 5.60 Å². The van der Waals surface area contributed by atoms with Gasteiger partial charge in [0.15, 0.2) is 5.78 Å². The van der Waals surface area contributed by atoms with Gasteiger partial charge < -0.3 is 9.47 Å². The van der Waals surface area contributed by atoms with Crippen LogP contribution in [0.4, 0.5) is 0 Å². The van der Waals surface area contributed by atoms with Crippen molar-refractivity contribution in [3.8, 4) is 0 Å². The lowest BCUT2D eigenvalue weighted by Crippen LogP contribution is -2.50. The van der Waals surface area contributed by atoms with E-state index >= 15 is 0 Å². The maximum Gasteiger partial charge on any atom is 0.165 e. The van der Waals surface area contributed by atoms with Crippen molar-refractivity contribution in [1.29, 1.82) is 0 Å². The van der Waals surface area contributed by atoms with Crippen LogP contribution in [0.15, 0.2) is 0 Å². The molecule has 18 heavy (non-hydrogen) atoms. The van der Waals surface area contributed by atoms with Crippen molar-refractivity contribution in [2.45, 2.75) is 64.6 Å². The summed E-state index contributed by atoms with van der Waals surface area (Å²) in [6.45, 7) is 6.93. The van der Waals surface area contributed by atoms with Crippen molar-refractivity contribution >= 4 is 5.78 Å². The lowest BCUT2D eigenvalue weighted by molar-refractivity contribution is -0.164. The molecule has 1 heterocycles. The number of carbonyl (C=O) groups is 1. The standard InChI is InChI=1S/C15H26O3/c1-14(2,3)13(17-4)12(16)11-6-9-18-15(10-11)7-5-8-15/h11,13H,5-10H2,1-4H3. The molecule has 1 aliphatic carbocycles. The predicted molar refractivity (Wildman–Crippen MR) is 70.5 cm³/mol. The average Bonchev–Trinajstić information content (AvgIpc) is 2.26. The number of Topliss-reactive ketones (excluding diaryl/α,β-unsaturated/α-hetero) is 1. The second-order valence-electron chi connectivity index (χ2n) is 6.96. The normalized spacial score (nSPS) is 28.8. The molecule has 2 unspecified atom stereocenters. The molecule has 2 fully saturated rings. The smallest absolute Gasteiger partial charge is 0.165 e. The molecule has 1 saturated heterocycles. The van der Waals surface area contributed by atoms with Gasteiger partial charge >= 0.3 is 0 Å². The highest BCUT2D eigenvalue weighted by Gasteiger charge is 2.46. The summed E-state index contributed by atoms with van der Waals surface area (Å²) in [6.07, 6.45) is 4.97. The van der Waals surface area contributed by atoms with Crippen LogP contribution in [0.3, 0.4) is 0 Å². The van der Waals surface area contributed by atoms with E-state index in [0.717, 1.165) is 32.3 Å². The molecule has 0 N–H and O–H groups in total. The predicted octanol–water partition coefficient (Wildman–Crippen LogP) is 2.97. The van der Waals surface area contributed by atoms with Gasteiger partial charge in [-0.15, -0.1) is 0 Å². The fourth-order valence-electron chi connectivity index (χ4n) is 3.30. The van der Waals surface area contributed by atoms with E-state index in [9.17, 15) is 4.79 Å². The minimum atomic E-state index is -0.294. The van der Waals surface area contributed by atoms with Gasteiger partial charge in [-0.2, -0.15) is 0 Å². The highest BCUT2D eigenvalue weighted by molar-refractivity contribution is 5.86. The third-order valence-electron chi connectivity index (χ3n) is 4.44. The SMILES string of the molecule is COC(C(=O)C1CCOC2(CCC2)C1)C(C)(C)C. The fourth-order valence-corrected chi connectivity index (χ4v) is 3.30. The van der Waals surface area contributed by atoms with E-state index in [-0.39, 0.29) is 28.8 Å². The fraction of sp³-hybridized carbons (Fsp3) is 0.933.